The van der Waals surface area contributed by atoms with E-state index < -0.39 is 0 Å². The van der Waals surface area contributed by atoms with Gasteiger partial charge in [0.25, 0.3) is 0 Å². The summed E-state index contributed by atoms with van der Waals surface area (Å²) in [6, 6.07) is 8.36. The maximum atomic E-state index is 9.07. The van der Waals surface area contributed by atoms with Crippen molar-refractivity contribution in [2.24, 2.45) is 0 Å². The lowest BCUT2D eigenvalue weighted by Gasteiger charge is -2.19. The third kappa shape index (κ3) is 1.61. The number of nitrogens with one attached hydrogen (secondary N) is 1. The number of hydrogen-bond donors (Lipinski definition) is 1. The van der Waals surface area contributed by atoms with Crippen LogP contribution in [0, 0.1) is 11.3 Å². The van der Waals surface area contributed by atoms with Gasteiger partial charge in [-0.15, -0.1) is 0 Å². The number of benzene rings is 1. The van der Waals surface area contributed by atoms with Gasteiger partial charge >= 0.3 is 0 Å². The van der Waals surface area contributed by atoms with Gasteiger partial charge in [-0.05, 0) is 29.2 Å². The van der Waals surface area contributed by atoms with Crippen LogP contribution in [0.2, 0.25) is 0 Å². The van der Waals surface area contributed by atoms with E-state index in [9.17, 15) is 0 Å². The second-order valence-corrected chi connectivity index (χ2v) is 4.83. The number of nitrogens with zero attached hydrogens (tertiary/aromatic N) is 1. The molecule has 2 rings (SSSR count). The quantitative estimate of drug-likeness (QED) is 0.692. The molecule has 0 aliphatic rings. The van der Waals surface area contributed by atoms with E-state index in [0.717, 1.165) is 16.5 Å². The van der Waals surface area contributed by atoms with Gasteiger partial charge in [-0.1, -0.05) is 20.8 Å². The molecule has 0 amide bonds. The van der Waals surface area contributed by atoms with Crippen LogP contribution in [0.4, 0.5) is 0 Å². The highest BCUT2D eigenvalue weighted by Gasteiger charge is 2.16. The highest BCUT2D eigenvalue weighted by molar-refractivity contribution is 5.85. The predicted molar refractivity (Wildman–Crippen MR) is 61.7 cm³/mol. The van der Waals surface area contributed by atoms with Crippen molar-refractivity contribution in [1.82, 2.24) is 4.98 Å². The molecule has 1 aromatic heterocycles. The van der Waals surface area contributed by atoms with Crippen molar-refractivity contribution in [3.63, 3.8) is 0 Å². The first-order chi connectivity index (χ1) is 7.02. The lowest BCUT2D eigenvalue weighted by atomic mass is 9.85. The molecule has 0 spiro atoms. The van der Waals surface area contributed by atoms with Gasteiger partial charge in [0.2, 0.25) is 0 Å². The first kappa shape index (κ1) is 9.79. The van der Waals surface area contributed by atoms with Crippen LogP contribution in [0.25, 0.3) is 10.9 Å². The molecule has 0 saturated carbocycles. The Bertz CT molecular complexity index is 536. The molecule has 1 heterocycles. The maximum Gasteiger partial charge on any atom is 0.101 e. The number of aromatic nitrogens is 1. The van der Waals surface area contributed by atoms with Gasteiger partial charge in [-0.25, -0.2) is 0 Å². The summed E-state index contributed by atoms with van der Waals surface area (Å²) in [6.07, 6.45) is 1.87. The summed E-state index contributed by atoms with van der Waals surface area (Å²) in [5.74, 6) is 0. The molecule has 0 aliphatic heterocycles. The minimum absolute atomic E-state index is 0.0804. The Morgan fingerprint density at radius 1 is 1.27 bits per heavy atom. The van der Waals surface area contributed by atoms with Crippen molar-refractivity contribution in [1.29, 1.82) is 5.26 Å². The van der Waals surface area contributed by atoms with Crippen molar-refractivity contribution >= 4 is 10.9 Å². The predicted octanol–water partition coefficient (Wildman–Crippen LogP) is 3.34. The van der Waals surface area contributed by atoms with Gasteiger partial charge in [0.15, 0.2) is 0 Å². The van der Waals surface area contributed by atoms with Crippen LogP contribution in [-0.4, -0.2) is 4.98 Å². The van der Waals surface area contributed by atoms with Gasteiger partial charge in [0.05, 0.1) is 11.1 Å². The largest absolute Gasteiger partial charge is 0.360 e. The Morgan fingerprint density at radius 2 is 2.00 bits per heavy atom. The van der Waals surface area contributed by atoms with Crippen LogP contribution in [0.5, 0.6) is 0 Å². The molecule has 0 radical (unpaired) electrons. The van der Waals surface area contributed by atoms with Crippen LogP contribution < -0.4 is 0 Å². The Hall–Kier alpha value is -1.75. The van der Waals surface area contributed by atoms with Crippen LogP contribution in [-0.2, 0) is 5.41 Å². The summed E-state index contributed by atoms with van der Waals surface area (Å²) in [7, 11) is 0. The number of hydrogen-bond acceptors (Lipinski definition) is 1. The molecule has 1 aromatic carbocycles. The minimum Gasteiger partial charge on any atom is -0.360 e. The number of nitriles is 1. The normalized spacial score (nSPS) is 11.6. The summed E-state index contributed by atoms with van der Waals surface area (Å²) in [4.78, 5) is 3.10. The molecule has 0 bridgehead atoms. The minimum atomic E-state index is 0.0804. The van der Waals surface area contributed by atoms with Gasteiger partial charge in [-0.3, -0.25) is 0 Å². The van der Waals surface area contributed by atoms with Crippen LogP contribution in [0.15, 0.2) is 24.4 Å². The van der Waals surface area contributed by atoms with Crippen LogP contribution >= 0.6 is 0 Å². The van der Waals surface area contributed by atoms with Crippen LogP contribution in [0.1, 0.15) is 31.9 Å². The van der Waals surface area contributed by atoms with E-state index in [1.54, 1.807) is 0 Å². The second kappa shape index (κ2) is 3.13. The highest BCUT2D eigenvalue weighted by atomic mass is 14.7. The van der Waals surface area contributed by atoms with E-state index in [-0.39, 0.29) is 5.41 Å². The first-order valence-corrected chi connectivity index (χ1v) is 5.04. The first-order valence-electron chi connectivity index (χ1n) is 5.04. The Labute approximate surface area is 89.5 Å². The topological polar surface area (TPSA) is 39.6 Å². The van der Waals surface area contributed by atoms with Crippen molar-refractivity contribution in [3.05, 3.63) is 35.5 Å². The zero-order valence-corrected chi connectivity index (χ0v) is 9.26. The molecule has 15 heavy (non-hydrogen) atoms. The average Bonchev–Trinajstić information content (AvgIpc) is 2.62. The zero-order chi connectivity index (χ0) is 11.1. The fraction of sp³-hybridized carbons (Fsp3) is 0.308. The summed E-state index contributed by atoms with van der Waals surface area (Å²) in [5.41, 5.74) is 2.94. The van der Waals surface area contributed by atoms with E-state index in [1.807, 2.05) is 18.3 Å². The number of fused-ring (bicyclic) bond motifs is 1. The summed E-state index contributed by atoms with van der Waals surface area (Å²) in [5, 5.41) is 10.2. The van der Waals surface area contributed by atoms with Crippen molar-refractivity contribution in [3.8, 4) is 6.07 Å². The van der Waals surface area contributed by atoms with E-state index in [2.05, 4.69) is 37.9 Å². The second-order valence-electron chi connectivity index (χ2n) is 4.83. The average molecular weight is 198 g/mol. The van der Waals surface area contributed by atoms with E-state index in [0.29, 0.717) is 0 Å². The molecule has 1 N–H and O–H groups in total. The molecule has 0 aliphatic carbocycles. The molecule has 2 aromatic rings. The lowest BCUT2D eigenvalue weighted by molar-refractivity contribution is 0.591. The van der Waals surface area contributed by atoms with Gasteiger partial charge < -0.3 is 4.98 Å². The van der Waals surface area contributed by atoms with Crippen molar-refractivity contribution in [2.75, 3.05) is 0 Å². The molecule has 0 saturated heterocycles. The van der Waals surface area contributed by atoms with E-state index >= 15 is 0 Å². The molecular weight excluding hydrogens is 184 g/mol. The van der Waals surface area contributed by atoms with Crippen molar-refractivity contribution < 1.29 is 0 Å². The molecule has 0 atom stereocenters. The maximum absolute atomic E-state index is 9.07. The highest BCUT2D eigenvalue weighted by Crippen LogP contribution is 2.27. The van der Waals surface area contributed by atoms with Crippen molar-refractivity contribution in [2.45, 2.75) is 26.2 Å². The van der Waals surface area contributed by atoms with Gasteiger partial charge in [0.1, 0.15) is 6.07 Å². The monoisotopic (exact) mass is 198 g/mol. The van der Waals surface area contributed by atoms with Gasteiger partial charge in [0, 0.05) is 11.6 Å². The fourth-order valence-corrected chi connectivity index (χ4v) is 1.69. The number of H-pyrrole nitrogens is 1. The molecule has 0 unspecified atom stereocenters. The third-order valence-corrected chi connectivity index (χ3v) is 2.65. The summed E-state index contributed by atoms with van der Waals surface area (Å²) in [6.45, 7) is 6.46. The van der Waals surface area contributed by atoms with Crippen LogP contribution in [0.3, 0.4) is 0 Å². The lowest BCUT2D eigenvalue weighted by Crippen LogP contribution is -2.11. The smallest absolute Gasteiger partial charge is 0.101 e. The fourth-order valence-electron chi connectivity index (χ4n) is 1.69. The third-order valence-electron chi connectivity index (χ3n) is 2.65. The van der Waals surface area contributed by atoms with E-state index in [4.69, 9.17) is 5.26 Å². The molecular formula is C13H14N2. The van der Waals surface area contributed by atoms with Gasteiger partial charge in [-0.2, -0.15) is 5.26 Å². The molecule has 0 fully saturated rings. The Morgan fingerprint density at radius 3 is 2.60 bits per heavy atom. The SMILES string of the molecule is CC(C)(C)c1cc(C#N)c2[nH]ccc2c1. The summed E-state index contributed by atoms with van der Waals surface area (Å²) >= 11 is 0. The standard InChI is InChI=1S/C13H14N2/c1-13(2,3)11-6-9-4-5-15-12(9)10(7-11)8-14/h4-7,15H,1-3H3. The van der Waals surface area contributed by atoms with E-state index in [1.165, 1.54) is 5.56 Å². The number of aromatic amines is 1. The molecule has 2 nitrogen and oxygen atoms in total. The molecule has 76 valence electrons. The molecule has 2 heteroatoms. The Kier molecular flexibility index (Phi) is 2.04. The summed E-state index contributed by atoms with van der Waals surface area (Å²) < 4.78 is 0. The number of rotatable bonds is 0. The Balaban J connectivity index is 2.76. The zero-order valence-electron chi connectivity index (χ0n) is 9.26.